The van der Waals surface area contributed by atoms with Crippen molar-refractivity contribution in [2.45, 2.75) is 0 Å². The third-order valence-electron chi connectivity index (χ3n) is 6.39. The molecule has 1 fully saturated rings. The van der Waals surface area contributed by atoms with Gasteiger partial charge in [0, 0.05) is 6.20 Å². The highest BCUT2D eigenvalue weighted by Crippen LogP contribution is 2.26. The van der Waals surface area contributed by atoms with Gasteiger partial charge in [-0.2, -0.15) is 5.10 Å². The van der Waals surface area contributed by atoms with Gasteiger partial charge in [0.05, 0.1) is 68.3 Å². The van der Waals surface area contributed by atoms with Crippen LogP contribution in [0, 0.1) is 5.82 Å². The number of methoxy groups -OCH3 is 1. The summed E-state index contributed by atoms with van der Waals surface area (Å²) in [5.41, 5.74) is 1.05. The molecule has 0 radical (unpaired) electrons. The summed E-state index contributed by atoms with van der Waals surface area (Å²) in [4.78, 5) is 41.3. The molecule has 1 aromatic carbocycles. The number of fused-ring (bicyclic) bond motifs is 1. The highest BCUT2D eigenvalue weighted by atomic mass is 19.1. The van der Waals surface area contributed by atoms with Crippen LogP contribution in [-0.2, 0) is 4.79 Å². The number of H-pyrrole nitrogens is 2. The summed E-state index contributed by atoms with van der Waals surface area (Å²) in [5, 5.41) is 10.7. The number of hydrogen-bond acceptors (Lipinski definition) is 8. The molecule has 0 atom stereocenters. The first-order valence-corrected chi connectivity index (χ1v) is 11.8. The average molecular weight is 518 g/mol. The van der Waals surface area contributed by atoms with Crippen molar-refractivity contribution in [3.63, 3.8) is 0 Å². The minimum atomic E-state index is -0.805. The number of anilines is 1. The third-order valence-corrected chi connectivity index (χ3v) is 6.39. The van der Waals surface area contributed by atoms with Crippen LogP contribution in [0.15, 0.2) is 55.1 Å². The van der Waals surface area contributed by atoms with Crippen LogP contribution in [0.3, 0.4) is 0 Å². The highest BCUT2D eigenvalue weighted by Gasteiger charge is 2.35. The minimum Gasteiger partial charge on any atom is -0.454 e. The van der Waals surface area contributed by atoms with Crippen molar-refractivity contribution in [3.05, 3.63) is 66.5 Å². The summed E-state index contributed by atoms with van der Waals surface area (Å²) >= 11 is 0. The maximum absolute atomic E-state index is 14.8. The Morgan fingerprint density at radius 1 is 1.13 bits per heavy atom. The van der Waals surface area contributed by atoms with E-state index in [4.69, 9.17) is 4.74 Å². The zero-order valence-electron chi connectivity index (χ0n) is 20.2. The zero-order chi connectivity index (χ0) is 26.2. The lowest BCUT2D eigenvalue weighted by atomic mass is 10.1. The van der Waals surface area contributed by atoms with Crippen LogP contribution in [0.1, 0.15) is 10.4 Å². The molecule has 4 aromatic heterocycles. The smallest absolute Gasteiger partial charge is 0.422 e. The Bertz CT molecular complexity index is 1620. The summed E-state index contributed by atoms with van der Waals surface area (Å²) in [6, 6.07) is 9.97. The fourth-order valence-electron chi connectivity index (χ4n) is 4.51. The van der Waals surface area contributed by atoms with Crippen molar-refractivity contribution >= 4 is 28.5 Å². The average Bonchev–Trinajstić information content (AvgIpc) is 3.73. The molecule has 2 N–H and O–H groups in total. The molecule has 1 aliphatic rings. The van der Waals surface area contributed by atoms with Crippen molar-refractivity contribution in [2.24, 2.45) is 0 Å². The molecule has 1 saturated heterocycles. The molecular weight excluding hydrogens is 495 g/mol. The molecule has 0 saturated carbocycles. The lowest BCUT2D eigenvalue weighted by Gasteiger charge is -2.30. The lowest BCUT2D eigenvalue weighted by molar-refractivity contribution is -0.644. The van der Waals surface area contributed by atoms with Gasteiger partial charge in [-0.05, 0) is 17.1 Å². The Labute approximate surface area is 214 Å². The maximum Gasteiger partial charge on any atom is 0.422 e. The van der Waals surface area contributed by atoms with Crippen LogP contribution < -0.4 is 14.3 Å². The van der Waals surface area contributed by atoms with E-state index in [2.05, 4.69) is 30.4 Å². The van der Waals surface area contributed by atoms with Crippen molar-refractivity contribution in [3.8, 4) is 17.5 Å². The molecule has 1 aliphatic heterocycles. The Morgan fingerprint density at radius 2 is 1.92 bits per heavy atom. The topological polar surface area (TPSA) is 142 Å². The van der Waals surface area contributed by atoms with E-state index in [1.165, 1.54) is 29.1 Å². The van der Waals surface area contributed by atoms with Crippen molar-refractivity contribution in [1.82, 2.24) is 39.9 Å². The summed E-state index contributed by atoms with van der Waals surface area (Å²) in [5.74, 6) is -1.35. The van der Waals surface area contributed by atoms with E-state index >= 15 is 0 Å². The molecule has 38 heavy (non-hydrogen) atoms. The van der Waals surface area contributed by atoms with Crippen LogP contribution in [0.2, 0.25) is 0 Å². The minimum absolute atomic E-state index is 0.0185. The van der Waals surface area contributed by atoms with E-state index in [-0.39, 0.29) is 35.4 Å². The number of ether oxygens (including phenoxy) is 1. The van der Waals surface area contributed by atoms with Gasteiger partial charge in [-0.15, -0.1) is 9.78 Å². The first kappa shape index (κ1) is 23.3. The molecule has 1 amide bonds. The Morgan fingerprint density at radius 3 is 2.63 bits per heavy atom. The molecule has 0 aliphatic carbocycles. The van der Waals surface area contributed by atoms with Crippen molar-refractivity contribution in [1.29, 1.82) is 0 Å². The van der Waals surface area contributed by atoms with Gasteiger partial charge in [-0.25, -0.2) is 14.1 Å². The van der Waals surface area contributed by atoms with E-state index < -0.39 is 17.5 Å². The fraction of sp³-hybridized carbons (Fsp3) is 0.208. The summed E-state index contributed by atoms with van der Waals surface area (Å²) < 4.78 is 23.2. The number of aromatic nitrogens is 8. The van der Waals surface area contributed by atoms with Crippen LogP contribution in [0.5, 0.6) is 6.01 Å². The first-order valence-electron chi connectivity index (χ1n) is 11.8. The van der Waals surface area contributed by atoms with E-state index in [9.17, 15) is 14.0 Å². The zero-order valence-corrected chi connectivity index (χ0v) is 20.2. The molecule has 6 rings (SSSR count). The van der Waals surface area contributed by atoms with E-state index in [1.54, 1.807) is 10.9 Å². The number of nitrogens with zero attached hydrogens (tertiary/aromatic N) is 8. The molecule has 192 valence electrons. The Hall–Kier alpha value is -5.14. The number of Topliss-reactive ketones (excluding diaryl/α,β-unsaturated/α-hetero) is 1. The van der Waals surface area contributed by atoms with Crippen LogP contribution in [0.4, 0.5) is 10.3 Å². The fourth-order valence-corrected chi connectivity index (χ4v) is 4.51. The molecule has 0 spiro atoms. The predicted octanol–water partition coefficient (Wildman–Crippen LogP) is 0.823. The van der Waals surface area contributed by atoms with Crippen LogP contribution >= 0.6 is 0 Å². The number of benzene rings is 1. The summed E-state index contributed by atoms with van der Waals surface area (Å²) in [6.45, 7) is 1.43. The predicted molar refractivity (Wildman–Crippen MR) is 131 cm³/mol. The van der Waals surface area contributed by atoms with Crippen molar-refractivity contribution in [2.75, 3.05) is 38.2 Å². The SMILES string of the molecule is COc1nc(N2CCN(C(=O)C(=O)c3c[nH]c4c(-n5ccnn5)ncc(F)c34)CC2)[n+](-c2ccccc2)[nH]1. The van der Waals surface area contributed by atoms with Gasteiger partial charge >= 0.3 is 12.0 Å². The standard InChI is InChI=1S/C24H21FN10O3/c1-38-23-29-24(35(30-23)15-5-3-2-4-6-15)33-11-9-32(10-12-33)22(37)20(36)16-13-26-19-18(16)17(25)14-27-21(19)34-8-7-28-31-34/h2-8,13-14H,9-12H2,1H3,(H,26,27,36)/p+1. The van der Waals surface area contributed by atoms with Crippen LogP contribution in [0.25, 0.3) is 22.4 Å². The van der Waals surface area contributed by atoms with Gasteiger partial charge in [0.15, 0.2) is 11.6 Å². The van der Waals surface area contributed by atoms with Gasteiger partial charge < -0.3 is 14.6 Å². The first-order chi connectivity index (χ1) is 18.5. The molecule has 0 unspecified atom stereocenters. The van der Waals surface area contributed by atoms with Crippen LogP contribution in [-0.4, -0.2) is 84.9 Å². The number of pyridine rings is 1. The number of ketones is 1. The monoisotopic (exact) mass is 517 g/mol. The number of piperazine rings is 1. The molecular formula is C24H22FN10O3+. The van der Waals surface area contributed by atoms with E-state index in [0.29, 0.717) is 25.0 Å². The number of carbonyl (C=O) groups is 2. The number of para-hydroxylation sites is 1. The van der Waals surface area contributed by atoms with Gasteiger partial charge in [0.2, 0.25) is 0 Å². The lowest BCUT2D eigenvalue weighted by Crippen LogP contribution is -2.53. The van der Waals surface area contributed by atoms with E-state index in [0.717, 1.165) is 11.9 Å². The second-order valence-corrected chi connectivity index (χ2v) is 8.54. The number of rotatable bonds is 6. The maximum atomic E-state index is 14.8. The summed E-state index contributed by atoms with van der Waals surface area (Å²) in [6.07, 6.45) is 5.32. The molecule has 14 heteroatoms. The Kier molecular flexibility index (Phi) is 5.75. The van der Waals surface area contributed by atoms with Gasteiger partial charge in [0.25, 0.3) is 11.7 Å². The highest BCUT2D eigenvalue weighted by molar-refractivity contribution is 6.45. The van der Waals surface area contributed by atoms with E-state index in [1.807, 2.05) is 35.2 Å². The Balaban J connectivity index is 1.21. The number of halogens is 1. The second kappa shape index (κ2) is 9.38. The summed E-state index contributed by atoms with van der Waals surface area (Å²) in [7, 11) is 1.53. The number of amides is 1. The quantitative estimate of drug-likeness (QED) is 0.192. The molecule has 0 bridgehead atoms. The largest absolute Gasteiger partial charge is 0.454 e. The number of aromatic amines is 2. The molecule has 5 aromatic rings. The molecule has 5 heterocycles. The second-order valence-electron chi connectivity index (χ2n) is 8.54. The third kappa shape index (κ3) is 3.91. The van der Waals surface area contributed by atoms with Crippen molar-refractivity contribution < 1.29 is 23.4 Å². The van der Waals surface area contributed by atoms with Gasteiger partial charge in [-0.1, -0.05) is 23.4 Å². The normalized spacial score (nSPS) is 13.7. The number of carbonyl (C=O) groups excluding carboxylic acids is 2. The molecule has 13 nitrogen and oxygen atoms in total. The van der Waals surface area contributed by atoms with Gasteiger partial charge in [-0.3, -0.25) is 14.5 Å². The van der Waals surface area contributed by atoms with Gasteiger partial charge in [0.1, 0.15) is 5.69 Å². The number of nitrogens with one attached hydrogen (secondary N) is 2. The number of hydrogen-bond donors (Lipinski definition) is 2.